The fourth-order valence-electron chi connectivity index (χ4n) is 2.82. The molecule has 0 saturated carbocycles. The maximum Gasteiger partial charge on any atom is 0.265 e. The van der Waals surface area contributed by atoms with E-state index in [1.165, 1.54) is 4.31 Å². The van der Waals surface area contributed by atoms with E-state index in [1.807, 2.05) is 31.2 Å². The Bertz CT molecular complexity index is 897. The number of amides is 1. The van der Waals surface area contributed by atoms with Crippen molar-refractivity contribution in [3.05, 3.63) is 54.1 Å². The summed E-state index contributed by atoms with van der Waals surface area (Å²) in [5.41, 5.74) is 2.00. The maximum absolute atomic E-state index is 12.5. The van der Waals surface area contributed by atoms with Gasteiger partial charge in [-0.15, -0.1) is 0 Å². The summed E-state index contributed by atoms with van der Waals surface area (Å²) in [7, 11) is -3.26. The highest BCUT2D eigenvalue weighted by Crippen LogP contribution is 2.28. The molecule has 1 aliphatic heterocycles. The third-order valence-electron chi connectivity index (χ3n) is 4.29. The van der Waals surface area contributed by atoms with Crippen LogP contribution in [-0.2, 0) is 14.8 Å². The molecule has 7 heteroatoms. The molecule has 1 amide bonds. The van der Waals surface area contributed by atoms with E-state index in [1.54, 1.807) is 31.2 Å². The highest BCUT2D eigenvalue weighted by molar-refractivity contribution is 7.93. The molecule has 1 aliphatic rings. The molecule has 3 rings (SSSR count). The van der Waals surface area contributed by atoms with Crippen molar-refractivity contribution in [2.45, 2.75) is 26.4 Å². The maximum atomic E-state index is 12.5. The van der Waals surface area contributed by atoms with Gasteiger partial charge in [0.25, 0.3) is 5.91 Å². The van der Waals surface area contributed by atoms with Crippen molar-refractivity contribution in [1.29, 1.82) is 0 Å². The number of aryl methyl sites for hydroxylation is 1. The van der Waals surface area contributed by atoms with Crippen molar-refractivity contribution in [2.75, 3.05) is 21.9 Å². The second-order valence-electron chi connectivity index (χ2n) is 6.30. The SMILES string of the molecule is Cc1ccc(N2CCCS2(=O)=O)cc1NC(=O)C(C)Oc1ccccc1. The second kappa shape index (κ2) is 7.37. The van der Waals surface area contributed by atoms with Gasteiger partial charge in [0.15, 0.2) is 6.10 Å². The molecule has 138 valence electrons. The summed E-state index contributed by atoms with van der Waals surface area (Å²) in [6.45, 7) is 4.00. The minimum atomic E-state index is -3.26. The van der Waals surface area contributed by atoms with Gasteiger partial charge in [-0.1, -0.05) is 24.3 Å². The molecule has 0 aromatic heterocycles. The molecule has 0 bridgehead atoms. The Morgan fingerprint density at radius 3 is 2.58 bits per heavy atom. The van der Waals surface area contributed by atoms with E-state index in [2.05, 4.69) is 5.32 Å². The molecule has 1 atom stereocenters. The third-order valence-corrected chi connectivity index (χ3v) is 6.16. The smallest absolute Gasteiger partial charge is 0.265 e. The lowest BCUT2D eigenvalue weighted by molar-refractivity contribution is -0.122. The molecular formula is C19H22N2O4S. The Morgan fingerprint density at radius 1 is 1.19 bits per heavy atom. The number of sulfonamides is 1. The van der Waals surface area contributed by atoms with Crippen LogP contribution in [0, 0.1) is 6.92 Å². The summed E-state index contributed by atoms with van der Waals surface area (Å²) in [5.74, 6) is 0.479. The molecular weight excluding hydrogens is 352 g/mol. The Hall–Kier alpha value is -2.54. The lowest BCUT2D eigenvalue weighted by Gasteiger charge is -2.20. The first-order chi connectivity index (χ1) is 12.4. The average Bonchev–Trinajstić information content (AvgIpc) is 2.97. The number of ether oxygens (including phenoxy) is 1. The first kappa shape index (κ1) is 18.3. The second-order valence-corrected chi connectivity index (χ2v) is 8.32. The number of nitrogens with one attached hydrogen (secondary N) is 1. The van der Waals surface area contributed by atoms with Gasteiger partial charge in [0, 0.05) is 12.2 Å². The largest absolute Gasteiger partial charge is 0.481 e. The topological polar surface area (TPSA) is 75.7 Å². The monoisotopic (exact) mass is 374 g/mol. The zero-order valence-corrected chi connectivity index (χ0v) is 15.6. The van der Waals surface area contributed by atoms with Crippen molar-refractivity contribution < 1.29 is 17.9 Å². The normalized spacial score (nSPS) is 16.9. The van der Waals surface area contributed by atoms with Crippen LogP contribution in [0.5, 0.6) is 5.75 Å². The quantitative estimate of drug-likeness (QED) is 0.873. The third kappa shape index (κ3) is 3.99. The fraction of sp³-hybridized carbons (Fsp3) is 0.316. The summed E-state index contributed by atoms with van der Waals surface area (Å²) in [5, 5.41) is 2.84. The summed E-state index contributed by atoms with van der Waals surface area (Å²) >= 11 is 0. The van der Waals surface area contributed by atoms with Gasteiger partial charge >= 0.3 is 0 Å². The zero-order chi connectivity index (χ0) is 18.7. The van der Waals surface area contributed by atoms with Crippen molar-refractivity contribution in [2.24, 2.45) is 0 Å². The number of para-hydroxylation sites is 1. The molecule has 2 aromatic carbocycles. The molecule has 1 N–H and O–H groups in total. The summed E-state index contributed by atoms with van der Waals surface area (Å²) in [4.78, 5) is 12.5. The Kier molecular flexibility index (Phi) is 5.18. The Morgan fingerprint density at radius 2 is 1.92 bits per heavy atom. The van der Waals surface area contributed by atoms with Crippen LogP contribution in [0.15, 0.2) is 48.5 Å². The number of benzene rings is 2. The summed E-state index contributed by atoms with van der Waals surface area (Å²) in [6, 6.07) is 14.4. The van der Waals surface area contributed by atoms with E-state index in [-0.39, 0.29) is 11.7 Å². The lowest BCUT2D eigenvalue weighted by Crippen LogP contribution is -2.30. The summed E-state index contributed by atoms with van der Waals surface area (Å²) in [6.07, 6.45) is -0.0733. The molecule has 1 fully saturated rings. The first-order valence-electron chi connectivity index (χ1n) is 8.50. The van der Waals surface area contributed by atoms with Crippen molar-refractivity contribution in [1.82, 2.24) is 0 Å². The Balaban J connectivity index is 1.74. The van der Waals surface area contributed by atoms with Crippen LogP contribution in [-0.4, -0.2) is 32.7 Å². The minimum absolute atomic E-state index is 0.157. The van der Waals surface area contributed by atoms with E-state index >= 15 is 0 Å². The van der Waals surface area contributed by atoms with Gasteiger partial charge in [0.2, 0.25) is 10.0 Å². The lowest BCUT2D eigenvalue weighted by atomic mass is 10.1. The molecule has 1 saturated heterocycles. The van der Waals surface area contributed by atoms with Gasteiger partial charge in [-0.25, -0.2) is 8.42 Å². The average molecular weight is 374 g/mol. The molecule has 0 radical (unpaired) electrons. The van der Waals surface area contributed by atoms with Gasteiger partial charge in [-0.2, -0.15) is 0 Å². The highest BCUT2D eigenvalue weighted by atomic mass is 32.2. The first-order valence-corrected chi connectivity index (χ1v) is 10.1. The van der Waals surface area contributed by atoms with Crippen LogP contribution in [0.1, 0.15) is 18.9 Å². The van der Waals surface area contributed by atoms with E-state index < -0.39 is 16.1 Å². The number of carbonyl (C=O) groups is 1. The van der Waals surface area contributed by atoms with E-state index in [9.17, 15) is 13.2 Å². The zero-order valence-electron chi connectivity index (χ0n) is 14.8. The molecule has 1 heterocycles. The predicted molar refractivity (Wildman–Crippen MR) is 102 cm³/mol. The number of anilines is 2. The van der Waals surface area contributed by atoms with Crippen LogP contribution in [0.3, 0.4) is 0 Å². The van der Waals surface area contributed by atoms with Gasteiger partial charge < -0.3 is 10.1 Å². The Labute approximate surface area is 153 Å². The minimum Gasteiger partial charge on any atom is -0.481 e. The number of hydrogen-bond acceptors (Lipinski definition) is 4. The molecule has 2 aromatic rings. The summed E-state index contributed by atoms with van der Waals surface area (Å²) < 4.78 is 31.2. The molecule has 0 spiro atoms. The van der Waals surface area contributed by atoms with Crippen molar-refractivity contribution in [3.63, 3.8) is 0 Å². The van der Waals surface area contributed by atoms with E-state index in [0.717, 1.165) is 5.56 Å². The number of nitrogens with zero attached hydrogens (tertiary/aromatic N) is 1. The number of rotatable bonds is 5. The molecule has 0 aliphatic carbocycles. The van der Waals surface area contributed by atoms with Gasteiger partial charge in [0.05, 0.1) is 11.4 Å². The van der Waals surface area contributed by atoms with Crippen molar-refractivity contribution in [3.8, 4) is 5.75 Å². The molecule has 1 unspecified atom stereocenters. The number of hydrogen-bond donors (Lipinski definition) is 1. The van der Waals surface area contributed by atoms with E-state index in [4.69, 9.17) is 4.74 Å². The van der Waals surface area contributed by atoms with Gasteiger partial charge in [-0.05, 0) is 50.1 Å². The van der Waals surface area contributed by atoms with Crippen LogP contribution in [0.2, 0.25) is 0 Å². The predicted octanol–water partition coefficient (Wildman–Crippen LogP) is 2.94. The van der Waals surface area contributed by atoms with Gasteiger partial charge in [0.1, 0.15) is 5.75 Å². The van der Waals surface area contributed by atoms with Crippen molar-refractivity contribution >= 4 is 27.3 Å². The van der Waals surface area contributed by atoms with Crippen LogP contribution >= 0.6 is 0 Å². The van der Waals surface area contributed by atoms with Crippen LogP contribution in [0.4, 0.5) is 11.4 Å². The van der Waals surface area contributed by atoms with Crippen LogP contribution in [0.25, 0.3) is 0 Å². The van der Waals surface area contributed by atoms with Crippen LogP contribution < -0.4 is 14.4 Å². The fourth-order valence-corrected chi connectivity index (χ4v) is 4.38. The number of carbonyl (C=O) groups excluding carboxylic acids is 1. The van der Waals surface area contributed by atoms with Gasteiger partial charge in [-0.3, -0.25) is 9.10 Å². The highest BCUT2D eigenvalue weighted by Gasteiger charge is 2.28. The molecule has 26 heavy (non-hydrogen) atoms. The van der Waals surface area contributed by atoms with E-state index in [0.29, 0.717) is 30.1 Å². The molecule has 6 nitrogen and oxygen atoms in total. The standard InChI is InChI=1S/C19H22N2O4S/c1-14-9-10-16(21-11-6-12-26(21,23)24)13-18(14)20-19(22)15(2)25-17-7-4-3-5-8-17/h3-5,7-10,13,15H,6,11-12H2,1-2H3,(H,20,22).